The minimum Gasteiger partial charge on any atom is -0.372 e. The van der Waals surface area contributed by atoms with Crippen molar-refractivity contribution >= 4 is 40.6 Å². The van der Waals surface area contributed by atoms with E-state index in [0.717, 1.165) is 29.4 Å². The average molecular weight is 398 g/mol. The Morgan fingerprint density at radius 3 is 2.71 bits per heavy atom. The minimum absolute atomic E-state index is 0.0454. The van der Waals surface area contributed by atoms with Gasteiger partial charge in [-0.25, -0.2) is 0 Å². The molecule has 1 saturated heterocycles. The average Bonchev–Trinajstić information content (AvgIpc) is 2.67. The van der Waals surface area contributed by atoms with Crippen LogP contribution in [0.15, 0.2) is 47.4 Å². The number of hydrogen-bond acceptors (Lipinski definition) is 5. The maximum atomic E-state index is 12.9. The highest BCUT2D eigenvalue weighted by Crippen LogP contribution is 2.33. The van der Waals surface area contributed by atoms with E-state index in [9.17, 15) is 9.59 Å². The van der Waals surface area contributed by atoms with Gasteiger partial charge in [0.25, 0.3) is 5.91 Å². The van der Waals surface area contributed by atoms with E-state index in [1.54, 1.807) is 12.1 Å². The SMILES string of the molecule is CC1CN(c2ccccc2NC(=O)c2ccc3c(c2)NC(=O)CS3)CC(C)O1. The van der Waals surface area contributed by atoms with Crippen molar-refractivity contribution in [3.63, 3.8) is 0 Å². The second kappa shape index (κ2) is 7.85. The number of thioether (sulfide) groups is 1. The van der Waals surface area contributed by atoms with Crippen molar-refractivity contribution < 1.29 is 14.3 Å². The topological polar surface area (TPSA) is 70.7 Å². The van der Waals surface area contributed by atoms with E-state index in [2.05, 4.69) is 29.4 Å². The van der Waals surface area contributed by atoms with Gasteiger partial charge < -0.3 is 20.3 Å². The highest BCUT2D eigenvalue weighted by Gasteiger charge is 2.24. The molecule has 28 heavy (non-hydrogen) atoms. The number of nitrogens with zero attached hydrogens (tertiary/aromatic N) is 1. The first kappa shape index (κ1) is 18.8. The fraction of sp³-hybridized carbons (Fsp3) is 0.333. The van der Waals surface area contributed by atoms with E-state index in [4.69, 9.17) is 4.74 Å². The normalized spacial score (nSPS) is 21.6. The molecule has 0 radical (unpaired) electrons. The zero-order valence-corrected chi connectivity index (χ0v) is 16.7. The number of rotatable bonds is 3. The third-order valence-corrected chi connectivity index (χ3v) is 5.86. The van der Waals surface area contributed by atoms with Gasteiger partial charge in [0.2, 0.25) is 5.91 Å². The Bertz CT molecular complexity index is 908. The van der Waals surface area contributed by atoms with E-state index in [1.807, 2.05) is 30.3 Å². The molecule has 2 atom stereocenters. The summed E-state index contributed by atoms with van der Waals surface area (Å²) in [5, 5.41) is 5.86. The quantitative estimate of drug-likeness (QED) is 0.828. The summed E-state index contributed by atoms with van der Waals surface area (Å²) < 4.78 is 5.82. The van der Waals surface area contributed by atoms with Gasteiger partial charge in [0, 0.05) is 23.5 Å². The lowest BCUT2D eigenvalue weighted by Gasteiger charge is -2.37. The molecule has 2 amide bonds. The Morgan fingerprint density at radius 1 is 1.18 bits per heavy atom. The number of para-hydroxylation sites is 2. The lowest BCUT2D eigenvalue weighted by molar-refractivity contribution is -0.113. The molecule has 2 aromatic carbocycles. The molecule has 0 bridgehead atoms. The second-order valence-corrected chi connectivity index (χ2v) is 8.20. The van der Waals surface area contributed by atoms with E-state index in [-0.39, 0.29) is 24.0 Å². The van der Waals surface area contributed by atoms with Crippen LogP contribution in [0, 0.1) is 0 Å². The highest BCUT2D eigenvalue weighted by molar-refractivity contribution is 8.00. The van der Waals surface area contributed by atoms with Gasteiger partial charge in [0.1, 0.15) is 0 Å². The van der Waals surface area contributed by atoms with Crippen LogP contribution in [0.3, 0.4) is 0 Å². The molecule has 6 nitrogen and oxygen atoms in total. The van der Waals surface area contributed by atoms with Crippen LogP contribution in [0.2, 0.25) is 0 Å². The fourth-order valence-corrected chi connectivity index (χ4v) is 4.44. The molecular weight excluding hydrogens is 374 g/mol. The maximum Gasteiger partial charge on any atom is 0.255 e. The number of anilines is 3. The molecule has 0 spiro atoms. The molecule has 2 N–H and O–H groups in total. The molecule has 2 unspecified atom stereocenters. The number of carbonyl (C=O) groups excluding carboxylic acids is 2. The monoisotopic (exact) mass is 397 g/mol. The molecule has 1 fully saturated rings. The van der Waals surface area contributed by atoms with Crippen LogP contribution in [0.25, 0.3) is 0 Å². The van der Waals surface area contributed by atoms with Crippen LogP contribution in [0.4, 0.5) is 17.1 Å². The van der Waals surface area contributed by atoms with Crippen LogP contribution in [-0.4, -0.2) is 42.9 Å². The van der Waals surface area contributed by atoms with Crippen molar-refractivity contribution in [3.8, 4) is 0 Å². The number of amides is 2. The lowest BCUT2D eigenvalue weighted by Crippen LogP contribution is -2.45. The Morgan fingerprint density at radius 2 is 1.93 bits per heavy atom. The molecule has 2 heterocycles. The zero-order valence-electron chi connectivity index (χ0n) is 15.9. The molecular formula is C21H23N3O3S. The first-order chi connectivity index (χ1) is 13.5. The van der Waals surface area contributed by atoms with Gasteiger partial charge in [-0.3, -0.25) is 9.59 Å². The number of nitrogens with one attached hydrogen (secondary N) is 2. The standard InChI is InChI=1S/C21H23N3O3S/c1-13-10-24(11-14(2)27-13)18-6-4-3-5-16(18)23-21(26)15-7-8-19-17(9-15)22-20(25)12-28-19/h3-9,13-14H,10-12H2,1-2H3,(H,22,25)(H,23,26). The molecule has 0 saturated carbocycles. The van der Waals surface area contributed by atoms with Crippen LogP contribution in [0.5, 0.6) is 0 Å². The summed E-state index contributed by atoms with van der Waals surface area (Å²) in [4.78, 5) is 27.7. The van der Waals surface area contributed by atoms with Gasteiger partial charge in [-0.15, -0.1) is 11.8 Å². The molecule has 4 rings (SSSR count). The van der Waals surface area contributed by atoms with Crippen molar-refractivity contribution in [3.05, 3.63) is 48.0 Å². The van der Waals surface area contributed by atoms with Gasteiger partial charge >= 0.3 is 0 Å². The number of carbonyl (C=O) groups is 2. The van der Waals surface area contributed by atoms with Crippen molar-refractivity contribution in [2.75, 3.05) is 34.4 Å². The summed E-state index contributed by atoms with van der Waals surface area (Å²) in [7, 11) is 0. The fourth-order valence-electron chi connectivity index (χ4n) is 3.65. The zero-order chi connectivity index (χ0) is 19.7. The molecule has 7 heteroatoms. The summed E-state index contributed by atoms with van der Waals surface area (Å²) in [6.07, 6.45) is 0.267. The smallest absolute Gasteiger partial charge is 0.255 e. The molecule has 0 aliphatic carbocycles. The Balaban J connectivity index is 1.56. The van der Waals surface area contributed by atoms with Crippen molar-refractivity contribution in [1.82, 2.24) is 0 Å². The van der Waals surface area contributed by atoms with E-state index >= 15 is 0 Å². The van der Waals surface area contributed by atoms with Crippen molar-refractivity contribution in [1.29, 1.82) is 0 Å². The van der Waals surface area contributed by atoms with Crippen LogP contribution < -0.4 is 15.5 Å². The molecule has 2 aromatic rings. The van der Waals surface area contributed by atoms with E-state index in [1.165, 1.54) is 11.8 Å². The highest BCUT2D eigenvalue weighted by atomic mass is 32.2. The minimum atomic E-state index is -0.200. The Kier molecular flexibility index (Phi) is 5.28. The van der Waals surface area contributed by atoms with Gasteiger partial charge in [0.05, 0.1) is 35.0 Å². The van der Waals surface area contributed by atoms with Gasteiger partial charge in [-0.2, -0.15) is 0 Å². The van der Waals surface area contributed by atoms with Crippen molar-refractivity contribution in [2.24, 2.45) is 0 Å². The third kappa shape index (κ3) is 4.00. The first-order valence-electron chi connectivity index (χ1n) is 9.37. The molecule has 2 aliphatic heterocycles. The lowest BCUT2D eigenvalue weighted by atomic mass is 10.1. The number of fused-ring (bicyclic) bond motifs is 1. The molecule has 146 valence electrons. The third-order valence-electron chi connectivity index (χ3n) is 4.79. The summed E-state index contributed by atoms with van der Waals surface area (Å²) >= 11 is 1.48. The Labute approximate surface area is 168 Å². The van der Waals surface area contributed by atoms with Crippen LogP contribution in [0.1, 0.15) is 24.2 Å². The van der Waals surface area contributed by atoms with Gasteiger partial charge in [0.15, 0.2) is 0 Å². The molecule has 2 aliphatic rings. The van der Waals surface area contributed by atoms with Crippen LogP contribution in [-0.2, 0) is 9.53 Å². The predicted octanol–water partition coefficient (Wildman–Crippen LogP) is 3.60. The van der Waals surface area contributed by atoms with Crippen LogP contribution >= 0.6 is 11.8 Å². The Hall–Kier alpha value is -2.51. The number of ether oxygens (including phenoxy) is 1. The number of morpholine rings is 1. The first-order valence-corrected chi connectivity index (χ1v) is 10.4. The summed E-state index contributed by atoms with van der Waals surface area (Å²) in [5.41, 5.74) is 2.96. The maximum absolute atomic E-state index is 12.9. The number of benzene rings is 2. The number of hydrogen-bond donors (Lipinski definition) is 2. The second-order valence-electron chi connectivity index (χ2n) is 7.18. The predicted molar refractivity (Wildman–Crippen MR) is 112 cm³/mol. The summed E-state index contributed by atoms with van der Waals surface area (Å²) in [5.74, 6) is 0.160. The van der Waals surface area contributed by atoms with Crippen molar-refractivity contribution in [2.45, 2.75) is 31.0 Å². The molecule has 0 aromatic heterocycles. The largest absolute Gasteiger partial charge is 0.372 e. The van der Waals surface area contributed by atoms with E-state index < -0.39 is 0 Å². The summed E-state index contributed by atoms with van der Waals surface area (Å²) in [6.45, 7) is 5.67. The van der Waals surface area contributed by atoms with Gasteiger partial charge in [-0.1, -0.05) is 12.1 Å². The van der Waals surface area contributed by atoms with Gasteiger partial charge in [-0.05, 0) is 44.2 Å². The van der Waals surface area contributed by atoms with E-state index in [0.29, 0.717) is 17.0 Å². The summed E-state index contributed by atoms with van der Waals surface area (Å²) in [6, 6.07) is 13.2.